The number of benzene rings is 1. The smallest absolute Gasteiger partial charge is 0.146 e. The second-order valence-electron chi connectivity index (χ2n) is 4.82. The molecule has 0 atom stereocenters. The highest BCUT2D eigenvalue weighted by Gasteiger charge is 2.19. The highest BCUT2D eigenvalue weighted by molar-refractivity contribution is 7.44. The molecule has 0 fully saturated rings. The summed E-state index contributed by atoms with van der Waals surface area (Å²) in [7, 11) is 0. The molecule has 0 saturated carbocycles. The molecule has 96 valence electrons. The molecule has 0 aliphatic heterocycles. The first kappa shape index (κ1) is 15.1. The van der Waals surface area contributed by atoms with E-state index in [1.54, 1.807) is 0 Å². The Morgan fingerprint density at radius 3 is 2.12 bits per heavy atom. The fraction of sp³-hybridized carbons (Fsp3) is 0.571. The van der Waals surface area contributed by atoms with Gasteiger partial charge in [0, 0.05) is 0 Å². The molecule has 0 heterocycles. The summed E-state index contributed by atoms with van der Waals surface area (Å²) in [6.07, 6.45) is 7.60. The van der Waals surface area contributed by atoms with Crippen molar-refractivity contribution in [2.45, 2.75) is 51.1 Å². The summed E-state index contributed by atoms with van der Waals surface area (Å²) in [5.41, 5.74) is 1.45. The lowest BCUT2D eigenvalue weighted by molar-refractivity contribution is 0.631. The van der Waals surface area contributed by atoms with E-state index in [0.29, 0.717) is 0 Å². The van der Waals surface area contributed by atoms with Crippen LogP contribution in [0.5, 0.6) is 0 Å². The van der Waals surface area contributed by atoms with E-state index in [0.717, 1.165) is 6.04 Å². The minimum atomic E-state index is -1.83. The monoisotopic (exact) mass is 288 g/mol. The third kappa shape index (κ3) is 8.70. The first-order chi connectivity index (χ1) is 8.08. The van der Waals surface area contributed by atoms with E-state index in [1.165, 1.54) is 44.1 Å². The van der Waals surface area contributed by atoms with Gasteiger partial charge in [-0.05, 0) is 31.0 Å². The summed E-state index contributed by atoms with van der Waals surface area (Å²) in [6.45, 7) is 0.172. The van der Waals surface area contributed by atoms with Gasteiger partial charge in [-0.25, -0.2) is 0 Å². The molecule has 3 heteroatoms. The zero-order valence-electron chi connectivity index (χ0n) is 10.6. The van der Waals surface area contributed by atoms with Crippen molar-refractivity contribution in [3.05, 3.63) is 35.9 Å². The Hall–Kier alpha value is 0.0169. The maximum Gasteiger partial charge on any atom is 0.248 e. The van der Waals surface area contributed by atoms with Gasteiger partial charge >= 0.3 is 0 Å². The fourth-order valence-corrected chi connectivity index (χ4v) is 3.61. The third-order valence-corrected chi connectivity index (χ3v) is 5.29. The zero-order chi connectivity index (χ0) is 12.6. The summed E-state index contributed by atoms with van der Waals surface area (Å²) in [5, 5.41) is 0. The molecule has 0 aliphatic rings. The quantitative estimate of drug-likeness (QED) is 0.326. The Labute approximate surface area is 116 Å². The van der Waals surface area contributed by atoms with Crippen molar-refractivity contribution in [3.63, 3.8) is 0 Å². The van der Waals surface area contributed by atoms with E-state index in [2.05, 4.69) is 30.3 Å². The number of aryl methyl sites for hydroxylation is 1. The van der Waals surface area contributed by atoms with Crippen LogP contribution in [0.15, 0.2) is 30.3 Å². The Bertz CT molecular complexity index is 293. The SMILES string of the molecule is C[Si](Cl)(Cl)CCCCCCCc1ccccc1. The molecule has 0 aliphatic carbocycles. The maximum atomic E-state index is 6.06. The van der Waals surface area contributed by atoms with Crippen molar-refractivity contribution < 1.29 is 0 Å². The third-order valence-electron chi connectivity index (χ3n) is 2.92. The van der Waals surface area contributed by atoms with Crippen LogP contribution in [0.3, 0.4) is 0 Å². The number of hydrogen-bond donors (Lipinski definition) is 0. The summed E-state index contributed by atoms with van der Waals surface area (Å²) >= 11 is 12.1. The predicted molar refractivity (Wildman–Crippen MR) is 81.4 cm³/mol. The summed E-state index contributed by atoms with van der Waals surface area (Å²) in [4.78, 5) is 0. The molecule has 17 heavy (non-hydrogen) atoms. The van der Waals surface area contributed by atoms with E-state index in [-0.39, 0.29) is 0 Å². The van der Waals surface area contributed by atoms with Gasteiger partial charge in [-0.15, -0.1) is 22.2 Å². The molecule has 1 aromatic rings. The van der Waals surface area contributed by atoms with Crippen LogP contribution in [0, 0.1) is 0 Å². The van der Waals surface area contributed by atoms with E-state index in [4.69, 9.17) is 22.2 Å². The van der Waals surface area contributed by atoms with Gasteiger partial charge in [0.15, 0.2) is 0 Å². The second-order valence-corrected chi connectivity index (χ2v) is 13.0. The lowest BCUT2D eigenvalue weighted by Gasteiger charge is -2.09. The predicted octanol–water partition coefficient (Wildman–Crippen LogP) is 5.73. The summed E-state index contributed by atoms with van der Waals surface area (Å²) in [6, 6.07) is 11.7. The molecular formula is C14H22Cl2Si. The molecule has 0 bridgehead atoms. The molecule has 0 aromatic heterocycles. The number of unbranched alkanes of at least 4 members (excludes halogenated alkanes) is 4. The largest absolute Gasteiger partial charge is 0.248 e. The van der Waals surface area contributed by atoms with Gasteiger partial charge in [0.2, 0.25) is 6.69 Å². The molecule has 1 aromatic carbocycles. The van der Waals surface area contributed by atoms with E-state index < -0.39 is 6.69 Å². The van der Waals surface area contributed by atoms with E-state index in [9.17, 15) is 0 Å². The highest BCUT2D eigenvalue weighted by atomic mass is 35.7. The molecule has 0 amide bonds. The first-order valence-electron chi connectivity index (χ1n) is 6.50. The molecule has 0 nitrogen and oxygen atoms in total. The lowest BCUT2D eigenvalue weighted by Crippen LogP contribution is -2.11. The van der Waals surface area contributed by atoms with Gasteiger partial charge in [0.05, 0.1) is 0 Å². The standard InChI is InChI=1S/C14H22Cl2Si/c1-17(15,16)13-9-4-2-3-6-10-14-11-7-5-8-12-14/h5,7-8,11-12H,2-4,6,9-10,13H2,1H3. The maximum absolute atomic E-state index is 6.06. The van der Waals surface area contributed by atoms with E-state index >= 15 is 0 Å². The average Bonchev–Trinajstić information content (AvgIpc) is 2.28. The molecule has 0 N–H and O–H groups in total. The van der Waals surface area contributed by atoms with Gasteiger partial charge in [0.25, 0.3) is 0 Å². The number of halogens is 2. The summed E-state index contributed by atoms with van der Waals surface area (Å²) in [5.74, 6) is 0. The first-order valence-corrected chi connectivity index (χ1v) is 11.2. The minimum absolute atomic E-state index is 1.04. The van der Waals surface area contributed by atoms with Crippen molar-refractivity contribution in [2.24, 2.45) is 0 Å². The Kier molecular flexibility index (Phi) is 7.25. The topological polar surface area (TPSA) is 0 Å². The molecular weight excluding hydrogens is 267 g/mol. The Balaban J connectivity index is 1.95. The van der Waals surface area contributed by atoms with Gasteiger partial charge in [-0.3, -0.25) is 0 Å². The number of rotatable bonds is 8. The van der Waals surface area contributed by atoms with Crippen LogP contribution >= 0.6 is 22.2 Å². The van der Waals surface area contributed by atoms with Crippen LogP contribution in [-0.4, -0.2) is 6.69 Å². The van der Waals surface area contributed by atoms with Gasteiger partial charge < -0.3 is 0 Å². The van der Waals surface area contributed by atoms with Crippen LogP contribution in [0.1, 0.15) is 37.7 Å². The Morgan fingerprint density at radius 1 is 0.882 bits per heavy atom. The van der Waals surface area contributed by atoms with Crippen molar-refractivity contribution in [2.75, 3.05) is 0 Å². The van der Waals surface area contributed by atoms with Gasteiger partial charge in [-0.1, -0.05) is 56.0 Å². The normalized spacial score (nSPS) is 11.7. The number of hydrogen-bond acceptors (Lipinski definition) is 0. The molecule has 1 rings (SSSR count). The van der Waals surface area contributed by atoms with Crippen LogP contribution in [0.2, 0.25) is 12.6 Å². The van der Waals surface area contributed by atoms with Crippen LogP contribution in [0.4, 0.5) is 0 Å². The van der Waals surface area contributed by atoms with Crippen LogP contribution in [0.25, 0.3) is 0 Å². The van der Waals surface area contributed by atoms with Gasteiger partial charge in [0.1, 0.15) is 0 Å². The molecule has 0 radical (unpaired) electrons. The lowest BCUT2D eigenvalue weighted by atomic mass is 10.1. The molecule has 0 saturated heterocycles. The summed E-state index contributed by atoms with van der Waals surface area (Å²) < 4.78 is 0. The van der Waals surface area contributed by atoms with Crippen LogP contribution < -0.4 is 0 Å². The molecule has 0 spiro atoms. The second kappa shape index (κ2) is 8.18. The van der Waals surface area contributed by atoms with Crippen LogP contribution in [-0.2, 0) is 6.42 Å². The average molecular weight is 289 g/mol. The van der Waals surface area contributed by atoms with Crippen molar-refractivity contribution in [1.82, 2.24) is 0 Å². The minimum Gasteiger partial charge on any atom is -0.146 e. The van der Waals surface area contributed by atoms with Crippen molar-refractivity contribution in [1.29, 1.82) is 0 Å². The fourth-order valence-electron chi connectivity index (χ4n) is 1.94. The zero-order valence-corrected chi connectivity index (χ0v) is 13.1. The molecule has 0 unspecified atom stereocenters. The highest BCUT2D eigenvalue weighted by Crippen LogP contribution is 2.23. The Morgan fingerprint density at radius 2 is 1.47 bits per heavy atom. The van der Waals surface area contributed by atoms with E-state index in [1.807, 2.05) is 6.55 Å². The van der Waals surface area contributed by atoms with Gasteiger partial charge in [-0.2, -0.15) is 0 Å². The van der Waals surface area contributed by atoms with Crippen molar-refractivity contribution >= 4 is 28.9 Å². The van der Waals surface area contributed by atoms with Crippen molar-refractivity contribution in [3.8, 4) is 0 Å².